The Bertz CT molecular complexity index is 790. The van der Waals surface area contributed by atoms with Crippen molar-refractivity contribution in [3.8, 4) is 5.88 Å². The lowest BCUT2D eigenvalue weighted by Crippen LogP contribution is -2.50. The number of ether oxygens (including phenoxy) is 1. The zero-order valence-electron chi connectivity index (χ0n) is 17.7. The van der Waals surface area contributed by atoms with Gasteiger partial charge >= 0.3 is 0 Å². The first-order valence-corrected chi connectivity index (χ1v) is 10.3. The highest BCUT2D eigenvalue weighted by Gasteiger charge is 2.37. The number of allylic oxidation sites excluding steroid dienone is 1. The molecular formula is C22H31N3O4. The Kier molecular flexibility index (Phi) is 6.57. The number of nitrogens with zero attached hydrogens (tertiary/aromatic N) is 3. The number of aliphatic hydroxyl groups excluding tert-OH is 1. The zero-order chi connectivity index (χ0) is 21.1. The Morgan fingerprint density at radius 1 is 1.48 bits per heavy atom. The average molecular weight is 402 g/mol. The van der Waals surface area contributed by atoms with Gasteiger partial charge in [-0.15, -0.1) is 0 Å². The highest BCUT2D eigenvalue weighted by Crippen LogP contribution is 2.32. The third-order valence-corrected chi connectivity index (χ3v) is 5.66. The summed E-state index contributed by atoms with van der Waals surface area (Å²) in [6, 6.07) is 1.45. The highest BCUT2D eigenvalue weighted by molar-refractivity contribution is 5.97. The van der Waals surface area contributed by atoms with Gasteiger partial charge in [0.1, 0.15) is 11.7 Å². The van der Waals surface area contributed by atoms with E-state index in [9.17, 15) is 14.7 Å². The Labute approximate surface area is 172 Å². The molecule has 0 spiro atoms. The molecular weight excluding hydrogens is 370 g/mol. The molecule has 1 fully saturated rings. The number of aliphatic hydroxyl groups is 1. The molecule has 0 aromatic carbocycles. The lowest BCUT2D eigenvalue weighted by molar-refractivity contribution is -0.132. The Morgan fingerprint density at radius 2 is 2.21 bits per heavy atom. The molecule has 1 saturated carbocycles. The maximum atomic E-state index is 13.2. The van der Waals surface area contributed by atoms with Gasteiger partial charge in [0, 0.05) is 31.6 Å². The van der Waals surface area contributed by atoms with Crippen molar-refractivity contribution in [1.29, 1.82) is 0 Å². The van der Waals surface area contributed by atoms with Gasteiger partial charge in [-0.05, 0) is 38.3 Å². The molecule has 1 aromatic rings. The van der Waals surface area contributed by atoms with Crippen LogP contribution in [-0.4, -0.2) is 70.6 Å². The van der Waals surface area contributed by atoms with E-state index in [1.54, 1.807) is 29.1 Å². The second kappa shape index (κ2) is 8.95. The van der Waals surface area contributed by atoms with Crippen molar-refractivity contribution >= 4 is 17.9 Å². The fraction of sp³-hybridized carbons (Fsp3) is 0.591. The van der Waals surface area contributed by atoms with Crippen LogP contribution in [-0.2, 0) is 4.79 Å². The average Bonchev–Trinajstić information content (AvgIpc) is 3.55. The fourth-order valence-corrected chi connectivity index (χ4v) is 3.62. The predicted molar refractivity (Wildman–Crippen MR) is 110 cm³/mol. The summed E-state index contributed by atoms with van der Waals surface area (Å²) in [6.45, 7) is 6.48. The van der Waals surface area contributed by atoms with Crippen LogP contribution in [0.5, 0.6) is 5.88 Å². The molecule has 2 amide bonds. The topological polar surface area (TPSA) is 83.0 Å². The normalized spacial score (nSPS) is 23.2. The van der Waals surface area contributed by atoms with Crippen LogP contribution in [0.15, 0.2) is 18.3 Å². The minimum atomic E-state index is -0.326. The molecule has 7 nitrogen and oxygen atoms in total. The van der Waals surface area contributed by atoms with Crippen molar-refractivity contribution in [2.75, 3.05) is 26.7 Å². The SMILES string of the molecule is C/C=C/c1cnc2c(c1)C(=O)N([C@H](C)CO)C[C@H](C)[C@@H](CN(C)C(=O)C1CC1)O2. The molecule has 2 aliphatic rings. The van der Waals surface area contributed by atoms with Crippen LogP contribution in [0.4, 0.5) is 0 Å². The smallest absolute Gasteiger partial charge is 0.259 e. The summed E-state index contributed by atoms with van der Waals surface area (Å²) in [5.41, 5.74) is 1.19. The Morgan fingerprint density at radius 3 is 2.83 bits per heavy atom. The number of hydrogen-bond acceptors (Lipinski definition) is 5. The van der Waals surface area contributed by atoms with Crippen molar-refractivity contribution in [2.24, 2.45) is 11.8 Å². The maximum absolute atomic E-state index is 13.2. The molecule has 158 valence electrons. The molecule has 2 heterocycles. The van der Waals surface area contributed by atoms with E-state index in [1.165, 1.54) is 0 Å². The fourth-order valence-electron chi connectivity index (χ4n) is 3.62. The van der Waals surface area contributed by atoms with Gasteiger partial charge in [0.05, 0.1) is 19.2 Å². The maximum Gasteiger partial charge on any atom is 0.259 e. The van der Waals surface area contributed by atoms with Gasteiger partial charge in [-0.25, -0.2) is 4.98 Å². The van der Waals surface area contributed by atoms with E-state index in [1.807, 2.05) is 32.9 Å². The van der Waals surface area contributed by atoms with Gasteiger partial charge in [-0.3, -0.25) is 9.59 Å². The Hall–Kier alpha value is -2.41. The van der Waals surface area contributed by atoms with Crippen LogP contribution in [0.25, 0.3) is 6.08 Å². The molecule has 0 bridgehead atoms. The van der Waals surface area contributed by atoms with E-state index in [4.69, 9.17) is 4.74 Å². The van der Waals surface area contributed by atoms with E-state index in [-0.39, 0.29) is 48.3 Å². The quantitative estimate of drug-likeness (QED) is 0.790. The summed E-state index contributed by atoms with van der Waals surface area (Å²) in [5, 5.41) is 9.69. The van der Waals surface area contributed by atoms with Crippen LogP contribution in [0.1, 0.15) is 49.5 Å². The molecule has 1 aliphatic heterocycles. The first-order valence-electron chi connectivity index (χ1n) is 10.3. The predicted octanol–water partition coefficient (Wildman–Crippen LogP) is 2.20. The van der Waals surface area contributed by atoms with Crippen molar-refractivity contribution < 1.29 is 19.4 Å². The molecule has 3 atom stereocenters. The minimum absolute atomic E-state index is 0.0347. The van der Waals surface area contributed by atoms with Gasteiger partial charge in [-0.1, -0.05) is 19.1 Å². The minimum Gasteiger partial charge on any atom is -0.472 e. The number of likely N-dealkylation sites (N-methyl/N-ethyl adjacent to an activating group) is 1. The third-order valence-electron chi connectivity index (χ3n) is 5.66. The lowest BCUT2D eigenvalue weighted by atomic mass is 9.99. The van der Waals surface area contributed by atoms with E-state index in [0.29, 0.717) is 18.7 Å². The summed E-state index contributed by atoms with van der Waals surface area (Å²) in [5.74, 6) is 0.337. The zero-order valence-corrected chi connectivity index (χ0v) is 17.7. The Balaban J connectivity index is 1.93. The van der Waals surface area contributed by atoms with Crippen molar-refractivity contribution in [3.63, 3.8) is 0 Å². The van der Waals surface area contributed by atoms with Crippen LogP contribution in [0.2, 0.25) is 0 Å². The first-order chi connectivity index (χ1) is 13.8. The van der Waals surface area contributed by atoms with E-state index in [2.05, 4.69) is 4.98 Å². The standard InChI is InChI=1S/C22H31N3O4/c1-5-6-16-9-18-20(23-10-16)29-19(12-24(4)21(27)17-7-8-17)14(2)11-25(22(18)28)15(3)13-26/h5-6,9-10,14-15,17,19,26H,7-8,11-13H2,1-4H3/b6-5+/t14-,15+,19+/m0/s1. The summed E-state index contributed by atoms with van der Waals surface area (Å²) < 4.78 is 6.20. The monoisotopic (exact) mass is 401 g/mol. The number of aromatic nitrogens is 1. The first kappa shape index (κ1) is 21.3. The number of rotatable bonds is 6. The third kappa shape index (κ3) is 4.78. The lowest BCUT2D eigenvalue weighted by Gasteiger charge is -2.37. The molecule has 0 saturated heterocycles. The molecule has 0 radical (unpaired) electrons. The van der Waals surface area contributed by atoms with E-state index >= 15 is 0 Å². The summed E-state index contributed by atoms with van der Waals surface area (Å²) in [4.78, 5) is 33.5. The molecule has 1 aliphatic carbocycles. The van der Waals surface area contributed by atoms with Crippen LogP contribution in [0, 0.1) is 11.8 Å². The number of amides is 2. The van der Waals surface area contributed by atoms with Gasteiger partial charge in [0.15, 0.2) is 0 Å². The van der Waals surface area contributed by atoms with Gasteiger partial charge in [0.2, 0.25) is 11.8 Å². The number of fused-ring (bicyclic) bond motifs is 1. The molecule has 0 unspecified atom stereocenters. The van der Waals surface area contributed by atoms with Gasteiger partial charge in [0.25, 0.3) is 5.91 Å². The van der Waals surface area contributed by atoms with Gasteiger partial charge in [-0.2, -0.15) is 0 Å². The van der Waals surface area contributed by atoms with E-state index < -0.39 is 0 Å². The molecule has 1 aromatic heterocycles. The van der Waals surface area contributed by atoms with Crippen LogP contribution in [0.3, 0.4) is 0 Å². The number of carbonyl (C=O) groups is 2. The summed E-state index contributed by atoms with van der Waals surface area (Å²) in [7, 11) is 1.80. The summed E-state index contributed by atoms with van der Waals surface area (Å²) in [6.07, 6.45) is 7.05. The van der Waals surface area contributed by atoms with Crippen LogP contribution < -0.4 is 4.74 Å². The second-order valence-corrected chi connectivity index (χ2v) is 8.24. The highest BCUT2D eigenvalue weighted by atomic mass is 16.5. The molecule has 1 N–H and O–H groups in total. The second-order valence-electron chi connectivity index (χ2n) is 8.24. The summed E-state index contributed by atoms with van der Waals surface area (Å²) >= 11 is 0. The van der Waals surface area contributed by atoms with Crippen LogP contribution >= 0.6 is 0 Å². The number of pyridine rings is 1. The van der Waals surface area contributed by atoms with Gasteiger partial charge < -0.3 is 19.6 Å². The molecule has 3 rings (SSSR count). The molecule has 29 heavy (non-hydrogen) atoms. The van der Waals surface area contributed by atoms with E-state index in [0.717, 1.165) is 18.4 Å². The van der Waals surface area contributed by atoms with Crippen molar-refractivity contribution in [1.82, 2.24) is 14.8 Å². The van der Waals surface area contributed by atoms with Crippen molar-refractivity contribution in [3.05, 3.63) is 29.5 Å². The largest absolute Gasteiger partial charge is 0.472 e. The number of carbonyl (C=O) groups excluding carboxylic acids is 2. The van der Waals surface area contributed by atoms with Crippen molar-refractivity contribution in [2.45, 2.75) is 45.8 Å². The number of hydrogen-bond donors (Lipinski definition) is 1. The molecule has 7 heteroatoms.